The van der Waals surface area contributed by atoms with Gasteiger partial charge in [0, 0.05) is 26.2 Å². The molecule has 0 spiro atoms. The van der Waals surface area contributed by atoms with Gasteiger partial charge >= 0.3 is 0 Å². The summed E-state index contributed by atoms with van der Waals surface area (Å²) in [6, 6.07) is 6.51. The number of hydrogen-bond acceptors (Lipinski definition) is 4. The summed E-state index contributed by atoms with van der Waals surface area (Å²) in [5.74, 6) is -0.478. The molecule has 96 valence electrons. The van der Waals surface area contributed by atoms with Crippen LogP contribution in [0.1, 0.15) is 5.56 Å². The highest BCUT2D eigenvalue weighted by atomic mass is 19.1. The molecule has 0 bridgehead atoms. The Kier molecular flexibility index (Phi) is 4.51. The van der Waals surface area contributed by atoms with Gasteiger partial charge in [-0.3, -0.25) is 4.90 Å². The monoisotopic (exact) mass is 249 g/mol. The lowest BCUT2D eigenvalue weighted by molar-refractivity contribution is 0.0398. The first-order valence-corrected chi connectivity index (χ1v) is 6.04. The first-order valence-electron chi connectivity index (χ1n) is 6.04. The van der Waals surface area contributed by atoms with Crippen LogP contribution < -0.4 is 5.32 Å². The van der Waals surface area contributed by atoms with Gasteiger partial charge in [0.1, 0.15) is 17.4 Å². The Balaban J connectivity index is 1.86. The van der Waals surface area contributed by atoms with Crippen molar-refractivity contribution in [2.75, 3.05) is 44.7 Å². The molecule has 0 atom stereocenters. The highest BCUT2D eigenvalue weighted by Crippen LogP contribution is 2.17. The van der Waals surface area contributed by atoms with Crippen molar-refractivity contribution in [1.29, 1.82) is 5.26 Å². The number of halogens is 1. The van der Waals surface area contributed by atoms with E-state index >= 15 is 0 Å². The molecule has 0 unspecified atom stereocenters. The van der Waals surface area contributed by atoms with Crippen molar-refractivity contribution in [3.63, 3.8) is 0 Å². The van der Waals surface area contributed by atoms with Crippen LogP contribution in [0.15, 0.2) is 18.2 Å². The van der Waals surface area contributed by atoms with Crippen LogP contribution in [0.2, 0.25) is 0 Å². The molecule has 1 aliphatic rings. The lowest BCUT2D eigenvalue weighted by atomic mass is 10.2. The van der Waals surface area contributed by atoms with E-state index in [9.17, 15) is 4.39 Å². The van der Waals surface area contributed by atoms with Gasteiger partial charge in [-0.2, -0.15) is 5.26 Å². The highest BCUT2D eigenvalue weighted by Gasteiger charge is 2.10. The highest BCUT2D eigenvalue weighted by molar-refractivity contribution is 5.57. The van der Waals surface area contributed by atoms with Crippen molar-refractivity contribution in [3.8, 4) is 6.07 Å². The topological polar surface area (TPSA) is 48.3 Å². The lowest BCUT2D eigenvalue weighted by Crippen LogP contribution is -2.39. The first kappa shape index (κ1) is 12.8. The molecule has 5 heteroatoms. The number of nitriles is 1. The molecule has 0 aliphatic carbocycles. The Morgan fingerprint density at radius 1 is 1.39 bits per heavy atom. The molecule has 0 radical (unpaired) electrons. The predicted octanol–water partition coefficient (Wildman–Crippen LogP) is 1.44. The predicted molar refractivity (Wildman–Crippen MR) is 66.9 cm³/mol. The van der Waals surface area contributed by atoms with Crippen molar-refractivity contribution in [2.45, 2.75) is 0 Å². The summed E-state index contributed by atoms with van der Waals surface area (Å²) in [4.78, 5) is 2.28. The van der Waals surface area contributed by atoms with Crippen LogP contribution in [0, 0.1) is 17.1 Å². The summed E-state index contributed by atoms with van der Waals surface area (Å²) >= 11 is 0. The van der Waals surface area contributed by atoms with Crippen LogP contribution in [-0.2, 0) is 4.74 Å². The molecule has 18 heavy (non-hydrogen) atoms. The minimum Gasteiger partial charge on any atom is -0.383 e. The minimum atomic E-state index is -0.478. The average Bonchev–Trinajstić information content (AvgIpc) is 2.40. The number of nitrogens with zero attached hydrogens (tertiary/aromatic N) is 2. The Morgan fingerprint density at radius 2 is 2.17 bits per heavy atom. The Morgan fingerprint density at radius 3 is 2.89 bits per heavy atom. The van der Waals surface area contributed by atoms with E-state index in [1.807, 2.05) is 6.07 Å². The number of morpholine rings is 1. The molecular formula is C13H16FN3O. The van der Waals surface area contributed by atoms with Gasteiger partial charge in [-0.05, 0) is 12.1 Å². The van der Waals surface area contributed by atoms with Crippen molar-refractivity contribution >= 4 is 5.69 Å². The van der Waals surface area contributed by atoms with Gasteiger partial charge in [0.15, 0.2) is 0 Å². The fourth-order valence-corrected chi connectivity index (χ4v) is 1.96. The first-order chi connectivity index (χ1) is 8.81. The van der Waals surface area contributed by atoms with E-state index in [1.165, 1.54) is 6.07 Å². The zero-order valence-electron chi connectivity index (χ0n) is 10.2. The quantitative estimate of drug-likeness (QED) is 0.877. The number of benzene rings is 1. The van der Waals surface area contributed by atoms with Gasteiger partial charge in [-0.1, -0.05) is 6.07 Å². The third-order valence-corrected chi connectivity index (χ3v) is 2.97. The second kappa shape index (κ2) is 6.34. The van der Waals surface area contributed by atoms with Crippen LogP contribution in [0.5, 0.6) is 0 Å². The maximum absolute atomic E-state index is 13.3. The third kappa shape index (κ3) is 3.19. The normalized spacial score (nSPS) is 16.2. The Labute approximate surface area is 106 Å². The van der Waals surface area contributed by atoms with Crippen molar-refractivity contribution in [2.24, 2.45) is 0 Å². The molecule has 2 rings (SSSR count). The zero-order valence-corrected chi connectivity index (χ0v) is 10.2. The maximum Gasteiger partial charge on any atom is 0.143 e. The van der Waals surface area contributed by atoms with Crippen LogP contribution in [0.4, 0.5) is 10.1 Å². The smallest absolute Gasteiger partial charge is 0.143 e. The van der Waals surface area contributed by atoms with Gasteiger partial charge in [0.25, 0.3) is 0 Å². The second-order valence-corrected chi connectivity index (χ2v) is 4.15. The molecule has 0 saturated carbocycles. The molecule has 1 aliphatic heterocycles. The number of nitrogens with one attached hydrogen (secondary N) is 1. The summed E-state index contributed by atoms with van der Waals surface area (Å²) in [6.07, 6.45) is 0. The zero-order chi connectivity index (χ0) is 12.8. The second-order valence-electron chi connectivity index (χ2n) is 4.15. The fourth-order valence-electron chi connectivity index (χ4n) is 1.96. The summed E-state index contributed by atoms with van der Waals surface area (Å²) in [5, 5.41) is 12.0. The van der Waals surface area contributed by atoms with Gasteiger partial charge in [-0.25, -0.2) is 4.39 Å². The molecule has 1 fully saturated rings. The fraction of sp³-hybridized carbons (Fsp3) is 0.462. The molecule has 1 aromatic carbocycles. The average molecular weight is 249 g/mol. The van der Waals surface area contributed by atoms with Crippen LogP contribution in [0.3, 0.4) is 0 Å². The lowest BCUT2D eigenvalue weighted by Gasteiger charge is -2.26. The molecule has 0 amide bonds. The molecule has 0 aromatic heterocycles. The van der Waals surface area contributed by atoms with E-state index in [-0.39, 0.29) is 5.56 Å². The number of hydrogen-bond donors (Lipinski definition) is 1. The van der Waals surface area contributed by atoms with E-state index in [0.29, 0.717) is 12.2 Å². The van der Waals surface area contributed by atoms with E-state index < -0.39 is 5.82 Å². The largest absolute Gasteiger partial charge is 0.383 e. The summed E-state index contributed by atoms with van der Waals surface area (Å²) in [5.41, 5.74) is 0.644. The molecule has 1 saturated heterocycles. The van der Waals surface area contributed by atoms with Crippen LogP contribution in [0.25, 0.3) is 0 Å². The van der Waals surface area contributed by atoms with E-state index in [4.69, 9.17) is 10.00 Å². The number of anilines is 1. The molecule has 1 heterocycles. The Hall–Kier alpha value is -1.64. The van der Waals surface area contributed by atoms with Gasteiger partial charge < -0.3 is 10.1 Å². The van der Waals surface area contributed by atoms with Gasteiger partial charge in [-0.15, -0.1) is 0 Å². The molecule has 1 N–H and O–H groups in total. The minimum absolute atomic E-state index is 0.0828. The molecular weight excluding hydrogens is 233 g/mol. The number of rotatable bonds is 4. The van der Waals surface area contributed by atoms with Crippen molar-refractivity contribution < 1.29 is 9.13 Å². The van der Waals surface area contributed by atoms with E-state index in [2.05, 4.69) is 10.2 Å². The van der Waals surface area contributed by atoms with Crippen molar-refractivity contribution in [1.82, 2.24) is 4.90 Å². The summed E-state index contributed by atoms with van der Waals surface area (Å²) < 4.78 is 18.6. The molecule has 4 nitrogen and oxygen atoms in total. The third-order valence-electron chi connectivity index (χ3n) is 2.97. The Bertz CT molecular complexity index is 438. The van der Waals surface area contributed by atoms with Crippen LogP contribution in [-0.4, -0.2) is 44.3 Å². The number of ether oxygens (including phenoxy) is 1. The standard InChI is InChI=1S/C13H16FN3O/c14-12-2-1-3-13(11(12)10-15)16-4-5-17-6-8-18-9-7-17/h1-3,16H,4-9H2. The van der Waals surface area contributed by atoms with E-state index in [0.717, 1.165) is 32.8 Å². The summed E-state index contributed by atoms with van der Waals surface area (Å²) in [7, 11) is 0. The summed E-state index contributed by atoms with van der Waals surface area (Å²) in [6.45, 7) is 4.95. The van der Waals surface area contributed by atoms with Crippen molar-refractivity contribution in [3.05, 3.63) is 29.6 Å². The molecule has 1 aromatic rings. The SMILES string of the molecule is N#Cc1c(F)cccc1NCCN1CCOCC1. The van der Waals surface area contributed by atoms with Gasteiger partial charge in [0.05, 0.1) is 18.9 Å². The maximum atomic E-state index is 13.3. The van der Waals surface area contributed by atoms with E-state index in [1.54, 1.807) is 12.1 Å². The van der Waals surface area contributed by atoms with Gasteiger partial charge in [0.2, 0.25) is 0 Å². The van der Waals surface area contributed by atoms with Crippen LogP contribution >= 0.6 is 0 Å².